The quantitative estimate of drug-likeness (QED) is 0.829. The lowest BCUT2D eigenvalue weighted by atomic mass is 9.96. The van der Waals surface area contributed by atoms with Crippen LogP contribution in [0.5, 0.6) is 0 Å². The van der Waals surface area contributed by atoms with Crippen LogP contribution in [0.25, 0.3) is 0 Å². The van der Waals surface area contributed by atoms with E-state index in [0.29, 0.717) is 10.2 Å². The highest BCUT2D eigenvalue weighted by Crippen LogP contribution is 2.44. The highest BCUT2D eigenvalue weighted by molar-refractivity contribution is 5.93. The monoisotopic (exact) mass is 329 g/mol. The molecule has 1 aliphatic rings. The second kappa shape index (κ2) is 5.25. The lowest BCUT2D eigenvalue weighted by molar-refractivity contribution is -0.173. The van der Waals surface area contributed by atoms with Crippen molar-refractivity contribution in [2.75, 3.05) is 5.32 Å². The number of nitrogens with one attached hydrogen (secondary N) is 1. The van der Waals surface area contributed by atoms with E-state index >= 15 is 0 Å². The number of hydrogen-bond acceptors (Lipinski definition) is 3. The van der Waals surface area contributed by atoms with Gasteiger partial charge in [-0.25, -0.2) is 13.9 Å². The Labute approximate surface area is 127 Å². The first-order valence-electron chi connectivity index (χ1n) is 6.67. The van der Waals surface area contributed by atoms with Crippen molar-refractivity contribution in [1.29, 1.82) is 0 Å². The first-order valence-corrected chi connectivity index (χ1v) is 6.67. The summed E-state index contributed by atoms with van der Waals surface area (Å²) in [5.41, 5.74) is 0.0931. The summed E-state index contributed by atoms with van der Waals surface area (Å²) in [6.45, 7) is 0. The molecule has 0 spiro atoms. The average Bonchev–Trinajstić information content (AvgIpc) is 2.89. The van der Waals surface area contributed by atoms with Gasteiger partial charge >= 0.3 is 12.1 Å². The van der Waals surface area contributed by atoms with Crippen LogP contribution in [0.15, 0.2) is 30.5 Å². The number of aromatic carboxylic acids is 1. The molecule has 0 fully saturated rings. The normalized spacial score (nSPS) is 20.7. The van der Waals surface area contributed by atoms with Gasteiger partial charge in [0.15, 0.2) is 6.04 Å². The number of carboxylic acids is 1. The number of anilines is 1. The molecular weight excluding hydrogens is 318 g/mol. The summed E-state index contributed by atoms with van der Waals surface area (Å²) in [6, 6.07) is 2.26. The van der Waals surface area contributed by atoms with Crippen molar-refractivity contribution in [3.05, 3.63) is 47.4 Å². The van der Waals surface area contributed by atoms with E-state index < -0.39 is 30.0 Å². The maximum Gasteiger partial charge on any atom is 0.410 e. The van der Waals surface area contributed by atoms with Crippen molar-refractivity contribution in [3.8, 4) is 0 Å². The third kappa shape index (κ3) is 2.73. The highest BCUT2D eigenvalue weighted by Gasteiger charge is 2.47. The Morgan fingerprint density at radius 3 is 2.52 bits per heavy atom. The summed E-state index contributed by atoms with van der Waals surface area (Å²) in [4.78, 5) is 11.2. The molecule has 0 saturated carbocycles. The van der Waals surface area contributed by atoms with Gasteiger partial charge in [0.1, 0.15) is 17.2 Å². The van der Waals surface area contributed by atoms with E-state index in [-0.39, 0.29) is 17.8 Å². The van der Waals surface area contributed by atoms with Gasteiger partial charge in [-0.15, -0.1) is 0 Å². The van der Waals surface area contributed by atoms with Crippen LogP contribution in [0, 0.1) is 5.82 Å². The van der Waals surface area contributed by atoms with E-state index in [4.69, 9.17) is 5.11 Å². The number of hydrogen-bond donors (Lipinski definition) is 2. The van der Waals surface area contributed by atoms with Gasteiger partial charge in [-0.2, -0.15) is 18.3 Å². The van der Waals surface area contributed by atoms with Gasteiger partial charge in [0.05, 0.1) is 12.2 Å². The Morgan fingerprint density at radius 2 is 1.96 bits per heavy atom. The third-order valence-electron chi connectivity index (χ3n) is 3.74. The van der Waals surface area contributed by atoms with Crippen molar-refractivity contribution >= 4 is 11.8 Å². The molecule has 1 aromatic carbocycles. The molecule has 5 nitrogen and oxygen atoms in total. The van der Waals surface area contributed by atoms with E-state index in [1.165, 1.54) is 12.1 Å². The first-order chi connectivity index (χ1) is 10.8. The van der Waals surface area contributed by atoms with Crippen LogP contribution in [-0.2, 0) is 0 Å². The third-order valence-corrected chi connectivity index (χ3v) is 3.74. The molecule has 2 N–H and O–H groups in total. The number of alkyl halides is 3. The van der Waals surface area contributed by atoms with Crippen LogP contribution in [0.2, 0.25) is 0 Å². The van der Waals surface area contributed by atoms with Crippen LogP contribution < -0.4 is 5.32 Å². The van der Waals surface area contributed by atoms with Crippen molar-refractivity contribution in [2.24, 2.45) is 0 Å². The summed E-state index contributed by atoms with van der Waals surface area (Å²) in [5.74, 6) is -2.09. The van der Waals surface area contributed by atoms with Crippen molar-refractivity contribution in [2.45, 2.75) is 24.7 Å². The van der Waals surface area contributed by atoms with Gasteiger partial charge in [0.25, 0.3) is 0 Å². The highest BCUT2D eigenvalue weighted by atomic mass is 19.4. The van der Waals surface area contributed by atoms with Crippen LogP contribution in [-0.4, -0.2) is 27.0 Å². The zero-order chi connectivity index (χ0) is 16.8. The minimum atomic E-state index is -4.59. The number of benzene rings is 1. The Morgan fingerprint density at radius 1 is 1.30 bits per heavy atom. The zero-order valence-corrected chi connectivity index (χ0v) is 11.5. The average molecular weight is 329 g/mol. The molecule has 0 aliphatic carbocycles. The van der Waals surface area contributed by atoms with Gasteiger partial charge < -0.3 is 10.4 Å². The Kier molecular flexibility index (Phi) is 3.50. The van der Waals surface area contributed by atoms with E-state index in [1.54, 1.807) is 0 Å². The maximum atomic E-state index is 13.3. The van der Waals surface area contributed by atoms with Gasteiger partial charge in [0.2, 0.25) is 0 Å². The lowest BCUT2D eigenvalue weighted by Crippen LogP contribution is -2.36. The molecule has 2 heterocycles. The number of aromatic nitrogens is 2. The van der Waals surface area contributed by atoms with Crippen LogP contribution in [0.1, 0.15) is 34.4 Å². The fraction of sp³-hybridized carbons (Fsp3) is 0.286. The summed E-state index contributed by atoms with van der Waals surface area (Å²) in [5, 5.41) is 15.4. The van der Waals surface area contributed by atoms with Gasteiger partial charge in [0, 0.05) is 6.42 Å². The number of halogens is 4. The predicted molar refractivity (Wildman–Crippen MR) is 71.7 cm³/mol. The van der Waals surface area contributed by atoms with Gasteiger partial charge in [-0.1, -0.05) is 12.1 Å². The number of rotatable bonds is 2. The first kappa shape index (κ1) is 15.3. The summed E-state index contributed by atoms with van der Waals surface area (Å²) < 4.78 is 53.5. The zero-order valence-electron chi connectivity index (χ0n) is 11.5. The van der Waals surface area contributed by atoms with Gasteiger partial charge in [-0.3, -0.25) is 0 Å². The van der Waals surface area contributed by atoms with Crippen LogP contribution >= 0.6 is 0 Å². The molecule has 1 aliphatic heterocycles. The second-order valence-corrected chi connectivity index (χ2v) is 5.20. The molecule has 1 aromatic heterocycles. The molecule has 0 bridgehead atoms. The minimum absolute atomic E-state index is 0.208. The smallest absolute Gasteiger partial charge is 0.410 e. The van der Waals surface area contributed by atoms with Crippen molar-refractivity contribution in [3.63, 3.8) is 0 Å². The molecule has 122 valence electrons. The SMILES string of the molecule is O=C(O)c1cnn2c1N[C@@H](c1ccc(F)cc1)C[C@H]2C(F)(F)F. The van der Waals surface area contributed by atoms with E-state index in [1.807, 2.05) is 0 Å². The van der Waals surface area contributed by atoms with E-state index in [2.05, 4.69) is 10.4 Å². The summed E-state index contributed by atoms with van der Waals surface area (Å²) >= 11 is 0. The van der Waals surface area contributed by atoms with E-state index in [0.717, 1.165) is 18.3 Å². The van der Waals surface area contributed by atoms with Gasteiger partial charge in [-0.05, 0) is 17.7 Å². The summed E-state index contributed by atoms with van der Waals surface area (Å²) in [6.07, 6.45) is -4.07. The maximum absolute atomic E-state index is 13.3. The lowest BCUT2D eigenvalue weighted by Gasteiger charge is -2.33. The molecule has 0 amide bonds. The minimum Gasteiger partial charge on any atom is -0.477 e. The molecule has 3 rings (SSSR count). The molecule has 0 saturated heterocycles. The molecule has 0 radical (unpaired) electrons. The van der Waals surface area contributed by atoms with Crippen molar-refractivity contribution in [1.82, 2.24) is 9.78 Å². The standard InChI is InChI=1S/C14H11F4N3O2/c15-8-3-1-7(2-4-8)10-5-11(14(16,17)18)21-12(20-10)9(6-19-21)13(22)23/h1-4,6,10-11,20H,5H2,(H,22,23)/t10-,11+/m1/s1. The van der Waals surface area contributed by atoms with Crippen LogP contribution in [0.3, 0.4) is 0 Å². The van der Waals surface area contributed by atoms with E-state index in [9.17, 15) is 22.4 Å². The van der Waals surface area contributed by atoms with Crippen LogP contribution in [0.4, 0.5) is 23.4 Å². The Balaban J connectivity index is 2.05. The summed E-state index contributed by atoms with van der Waals surface area (Å²) in [7, 11) is 0. The topological polar surface area (TPSA) is 67.1 Å². The number of carbonyl (C=O) groups is 1. The molecular formula is C14H11F4N3O2. The largest absolute Gasteiger partial charge is 0.477 e. The Bertz CT molecular complexity index is 739. The molecule has 2 aromatic rings. The molecule has 9 heteroatoms. The fourth-order valence-corrected chi connectivity index (χ4v) is 2.63. The fourth-order valence-electron chi connectivity index (χ4n) is 2.63. The molecule has 2 atom stereocenters. The molecule has 0 unspecified atom stereocenters. The number of fused-ring (bicyclic) bond motifs is 1. The van der Waals surface area contributed by atoms with Crippen molar-refractivity contribution < 1.29 is 27.5 Å². The molecule has 23 heavy (non-hydrogen) atoms. The second-order valence-electron chi connectivity index (χ2n) is 5.20. The number of carboxylic acid groups (broad SMARTS) is 1. The predicted octanol–water partition coefficient (Wildman–Crippen LogP) is 3.38. The number of nitrogens with zero attached hydrogens (tertiary/aromatic N) is 2. The Hall–Kier alpha value is -2.58.